The zero-order valence-corrected chi connectivity index (χ0v) is 16.9. The summed E-state index contributed by atoms with van der Waals surface area (Å²) in [5.74, 6) is 2.07. The number of halogens is 1. The van der Waals surface area contributed by atoms with Gasteiger partial charge in [0.2, 0.25) is 0 Å². The Labute approximate surface area is 168 Å². The maximum absolute atomic E-state index is 15.0. The Morgan fingerprint density at radius 1 is 1.00 bits per heavy atom. The average Bonchev–Trinajstić information content (AvgIpc) is 3.52. The number of ether oxygens (including phenoxy) is 1. The first-order chi connectivity index (χ1) is 13.6. The second-order valence-electron chi connectivity index (χ2n) is 8.80. The molecule has 3 atom stereocenters. The third kappa shape index (κ3) is 4.94. The zero-order valence-electron chi connectivity index (χ0n) is 16.9. The summed E-state index contributed by atoms with van der Waals surface area (Å²) in [5, 5.41) is 0. The van der Waals surface area contributed by atoms with E-state index in [2.05, 4.69) is 30.3 Å². The van der Waals surface area contributed by atoms with Gasteiger partial charge in [-0.2, -0.15) is 0 Å². The second-order valence-corrected chi connectivity index (χ2v) is 8.80. The summed E-state index contributed by atoms with van der Waals surface area (Å²) in [4.78, 5) is 0. The highest BCUT2D eigenvalue weighted by molar-refractivity contribution is 5.38. The van der Waals surface area contributed by atoms with E-state index in [9.17, 15) is 4.39 Å². The molecule has 4 rings (SSSR count). The largest absolute Gasteiger partial charge is 0.493 e. The molecule has 0 aromatic heterocycles. The molecule has 2 aromatic rings. The highest BCUT2D eigenvalue weighted by Gasteiger charge is 2.24. The molecular weight excluding hydrogens is 349 g/mol. The summed E-state index contributed by atoms with van der Waals surface area (Å²) in [6.07, 6.45) is 6.26. The predicted molar refractivity (Wildman–Crippen MR) is 112 cm³/mol. The highest BCUT2D eigenvalue weighted by atomic mass is 19.1. The summed E-state index contributed by atoms with van der Waals surface area (Å²) in [6, 6.07) is 14.7. The van der Waals surface area contributed by atoms with Gasteiger partial charge in [-0.3, -0.25) is 0 Å². The van der Waals surface area contributed by atoms with Gasteiger partial charge in [0.1, 0.15) is 11.9 Å². The van der Waals surface area contributed by atoms with Gasteiger partial charge in [0.05, 0.1) is 6.61 Å². The Bertz CT molecular complexity index is 782. The molecule has 2 aliphatic carbocycles. The molecule has 1 fully saturated rings. The van der Waals surface area contributed by atoms with Crippen molar-refractivity contribution in [2.24, 2.45) is 17.6 Å². The van der Waals surface area contributed by atoms with Crippen LogP contribution in [0.15, 0.2) is 42.5 Å². The van der Waals surface area contributed by atoms with Gasteiger partial charge in [0.15, 0.2) is 0 Å². The highest BCUT2D eigenvalue weighted by Crippen LogP contribution is 2.36. The van der Waals surface area contributed by atoms with Crippen molar-refractivity contribution in [3.05, 3.63) is 64.7 Å². The molecule has 0 heterocycles. The van der Waals surface area contributed by atoms with Crippen molar-refractivity contribution in [2.75, 3.05) is 6.61 Å². The molecule has 0 spiro atoms. The Hall–Kier alpha value is -1.87. The fraction of sp³-hybridized carbons (Fsp3) is 0.520. The van der Waals surface area contributed by atoms with E-state index in [0.29, 0.717) is 18.3 Å². The smallest absolute Gasteiger partial charge is 0.126 e. The predicted octanol–water partition coefficient (Wildman–Crippen LogP) is 6.09. The normalized spacial score (nSPS) is 23.4. The molecule has 2 aromatic carbocycles. The summed E-state index contributed by atoms with van der Waals surface area (Å²) < 4.78 is 20.9. The van der Waals surface area contributed by atoms with Crippen LogP contribution in [-0.2, 0) is 12.8 Å². The maximum Gasteiger partial charge on any atom is 0.126 e. The van der Waals surface area contributed by atoms with Crippen molar-refractivity contribution in [3.8, 4) is 5.75 Å². The molecule has 2 aliphatic rings. The van der Waals surface area contributed by atoms with Crippen LogP contribution in [0.4, 0.5) is 4.39 Å². The van der Waals surface area contributed by atoms with Gasteiger partial charge in [0.25, 0.3) is 0 Å². The van der Waals surface area contributed by atoms with Crippen LogP contribution in [0.3, 0.4) is 0 Å². The monoisotopic (exact) mass is 381 g/mol. The van der Waals surface area contributed by atoms with Crippen LogP contribution in [-0.4, -0.2) is 6.61 Å². The first-order valence-electron chi connectivity index (χ1n) is 10.8. The maximum atomic E-state index is 15.0. The molecular formula is C25H32FNO. The van der Waals surface area contributed by atoms with Crippen LogP contribution in [0.2, 0.25) is 0 Å². The van der Waals surface area contributed by atoms with E-state index < -0.39 is 6.17 Å². The molecule has 28 heavy (non-hydrogen) atoms. The van der Waals surface area contributed by atoms with Crippen molar-refractivity contribution in [3.63, 3.8) is 0 Å². The van der Waals surface area contributed by atoms with Crippen LogP contribution < -0.4 is 10.5 Å². The minimum Gasteiger partial charge on any atom is -0.493 e. The summed E-state index contributed by atoms with van der Waals surface area (Å²) >= 11 is 0. The van der Waals surface area contributed by atoms with Crippen LogP contribution in [0, 0.1) is 11.8 Å². The third-order valence-corrected chi connectivity index (χ3v) is 6.32. The Kier molecular flexibility index (Phi) is 6.01. The van der Waals surface area contributed by atoms with E-state index in [1.165, 1.54) is 24.0 Å². The van der Waals surface area contributed by atoms with Crippen LogP contribution >= 0.6 is 0 Å². The van der Waals surface area contributed by atoms with Gasteiger partial charge in [-0.15, -0.1) is 0 Å². The summed E-state index contributed by atoms with van der Waals surface area (Å²) in [5.41, 5.74) is 10.4. The lowest BCUT2D eigenvalue weighted by atomic mass is 9.83. The molecule has 1 saturated carbocycles. The Morgan fingerprint density at radius 2 is 1.75 bits per heavy atom. The van der Waals surface area contributed by atoms with Gasteiger partial charge in [-0.05, 0) is 98.1 Å². The Morgan fingerprint density at radius 3 is 2.46 bits per heavy atom. The van der Waals surface area contributed by atoms with E-state index in [4.69, 9.17) is 10.5 Å². The lowest BCUT2D eigenvalue weighted by Gasteiger charge is -2.24. The number of nitrogens with two attached hydrogens (primary N) is 1. The van der Waals surface area contributed by atoms with E-state index in [1.54, 1.807) is 0 Å². The van der Waals surface area contributed by atoms with Crippen molar-refractivity contribution in [1.82, 2.24) is 0 Å². The number of rotatable bonds is 6. The SMILES string of the molecule is C[C@H](N)c1ccc(CC2CCc3ccc(OCC4CC4)cc3C(F)CC2)cc1. The van der Waals surface area contributed by atoms with Gasteiger partial charge in [-0.1, -0.05) is 30.3 Å². The molecule has 0 saturated heterocycles. The minimum atomic E-state index is -0.886. The minimum absolute atomic E-state index is 0.0670. The number of hydrogen-bond acceptors (Lipinski definition) is 2. The number of benzene rings is 2. The number of fused-ring (bicyclic) bond motifs is 1. The molecule has 0 bridgehead atoms. The third-order valence-electron chi connectivity index (χ3n) is 6.32. The fourth-order valence-corrected chi connectivity index (χ4v) is 4.22. The molecule has 0 radical (unpaired) electrons. The quantitative estimate of drug-likeness (QED) is 0.657. The van der Waals surface area contributed by atoms with Crippen LogP contribution in [0.1, 0.15) is 73.5 Å². The standard InChI is InChI=1S/C25H32FNO/c1-17(27)21-8-4-18(5-9-21)14-19-6-10-22-11-12-23(28-16-20-2-3-20)15-24(22)25(26)13-7-19/h4-5,8-9,11-12,15,17,19-20,25H,2-3,6-7,10,13-14,16,27H2,1H3/t17-,19?,25?/m0/s1. The second kappa shape index (κ2) is 8.65. The van der Waals surface area contributed by atoms with Gasteiger partial charge >= 0.3 is 0 Å². The molecule has 0 aliphatic heterocycles. The van der Waals surface area contributed by atoms with Crippen molar-refractivity contribution in [2.45, 2.75) is 64.1 Å². The van der Waals surface area contributed by atoms with Crippen molar-refractivity contribution < 1.29 is 9.13 Å². The molecule has 2 N–H and O–H groups in total. The molecule has 2 unspecified atom stereocenters. The molecule has 3 heteroatoms. The molecule has 0 amide bonds. The lowest BCUT2D eigenvalue weighted by Crippen LogP contribution is -2.13. The van der Waals surface area contributed by atoms with Gasteiger partial charge < -0.3 is 10.5 Å². The van der Waals surface area contributed by atoms with Gasteiger partial charge in [-0.25, -0.2) is 4.39 Å². The Balaban J connectivity index is 1.40. The van der Waals surface area contributed by atoms with Crippen LogP contribution in [0.25, 0.3) is 0 Å². The van der Waals surface area contributed by atoms with Crippen molar-refractivity contribution in [1.29, 1.82) is 0 Å². The first-order valence-corrected chi connectivity index (χ1v) is 10.8. The first kappa shape index (κ1) is 19.4. The molecule has 150 valence electrons. The van der Waals surface area contributed by atoms with E-state index >= 15 is 0 Å². The number of alkyl halides is 1. The van der Waals surface area contributed by atoms with Gasteiger partial charge in [0, 0.05) is 6.04 Å². The molecule has 2 nitrogen and oxygen atoms in total. The average molecular weight is 382 g/mol. The van der Waals surface area contributed by atoms with Crippen molar-refractivity contribution >= 4 is 0 Å². The fourth-order valence-electron chi connectivity index (χ4n) is 4.22. The number of hydrogen-bond donors (Lipinski definition) is 1. The van der Waals surface area contributed by atoms with E-state index in [-0.39, 0.29) is 6.04 Å². The lowest BCUT2D eigenvalue weighted by molar-refractivity contribution is 0.272. The summed E-state index contributed by atoms with van der Waals surface area (Å²) in [6.45, 7) is 2.78. The zero-order chi connectivity index (χ0) is 19.5. The summed E-state index contributed by atoms with van der Waals surface area (Å²) in [7, 11) is 0. The van der Waals surface area contributed by atoms with E-state index in [1.807, 2.05) is 19.1 Å². The van der Waals surface area contributed by atoms with E-state index in [0.717, 1.165) is 49.2 Å². The topological polar surface area (TPSA) is 35.2 Å². The van der Waals surface area contributed by atoms with Crippen LogP contribution in [0.5, 0.6) is 5.75 Å². The number of aryl methyl sites for hydroxylation is 1.